The molecule has 0 unspecified atom stereocenters. The summed E-state index contributed by atoms with van der Waals surface area (Å²) in [6.07, 6.45) is 0.680. The van der Waals surface area contributed by atoms with Crippen LogP contribution in [-0.2, 0) is 22.6 Å². The van der Waals surface area contributed by atoms with Crippen LogP contribution in [0.3, 0.4) is 0 Å². The molecule has 0 spiro atoms. The average molecular weight is 379 g/mol. The van der Waals surface area contributed by atoms with Crippen LogP contribution in [-0.4, -0.2) is 33.8 Å². The van der Waals surface area contributed by atoms with E-state index in [0.29, 0.717) is 12.0 Å². The van der Waals surface area contributed by atoms with Crippen LogP contribution in [0.4, 0.5) is 0 Å². The second-order valence-corrected chi connectivity index (χ2v) is 6.10. The molecule has 8 heteroatoms. The van der Waals surface area contributed by atoms with E-state index in [4.69, 9.17) is 0 Å². The molecule has 3 rings (SSSR count). The van der Waals surface area contributed by atoms with Crippen molar-refractivity contribution >= 4 is 28.8 Å². The third kappa shape index (κ3) is 4.53. The van der Waals surface area contributed by atoms with Gasteiger partial charge in [0.25, 0.3) is 17.7 Å². The average Bonchev–Trinajstić information content (AvgIpc) is 3.08. The first-order chi connectivity index (χ1) is 13.6. The summed E-state index contributed by atoms with van der Waals surface area (Å²) in [5, 5.41) is 2.49. The molecule has 28 heavy (non-hydrogen) atoms. The van der Waals surface area contributed by atoms with Crippen LogP contribution in [0.2, 0.25) is 0 Å². The van der Waals surface area contributed by atoms with Gasteiger partial charge in [0, 0.05) is 12.0 Å². The number of nitrogens with zero attached hydrogens (tertiary/aromatic N) is 2. The van der Waals surface area contributed by atoms with E-state index < -0.39 is 5.91 Å². The summed E-state index contributed by atoms with van der Waals surface area (Å²) in [4.78, 5) is 40.5. The zero-order chi connectivity index (χ0) is 19.9. The smallest absolute Gasteiger partial charge is 0.258 e. The Labute approximate surface area is 161 Å². The predicted octanol–water partition coefficient (Wildman–Crippen LogP) is 1.18. The van der Waals surface area contributed by atoms with Crippen molar-refractivity contribution in [2.75, 3.05) is 6.54 Å². The molecule has 0 aliphatic carbocycles. The number of para-hydroxylation sites is 2. The topological polar surface area (TPSA) is 105 Å². The first-order valence-corrected chi connectivity index (χ1v) is 8.93. The number of nitrogens with one attached hydrogen (secondary N) is 3. The van der Waals surface area contributed by atoms with Crippen molar-refractivity contribution in [2.45, 2.75) is 19.9 Å². The van der Waals surface area contributed by atoms with Crippen LogP contribution in [0.5, 0.6) is 0 Å². The number of rotatable bonds is 6. The van der Waals surface area contributed by atoms with Gasteiger partial charge in [-0.3, -0.25) is 25.2 Å². The number of hydrogen-bond donors (Lipinski definition) is 3. The highest BCUT2D eigenvalue weighted by Crippen LogP contribution is 2.16. The Morgan fingerprint density at radius 3 is 2.36 bits per heavy atom. The van der Waals surface area contributed by atoms with Gasteiger partial charge in [-0.25, -0.2) is 4.98 Å². The molecule has 1 aromatic heterocycles. The van der Waals surface area contributed by atoms with Crippen LogP contribution in [0, 0.1) is 0 Å². The summed E-state index contributed by atoms with van der Waals surface area (Å²) in [6.45, 7) is 1.75. The summed E-state index contributed by atoms with van der Waals surface area (Å²) in [6, 6.07) is 16.1. The Balaban J connectivity index is 1.51. The van der Waals surface area contributed by atoms with Gasteiger partial charge in [-0.15, -0.1) is 0 Å². The molecule has 3 amide bonds. The van der Waals surface area contributed by atoms with Gasteiger partial charge < -0.3 is 9.88 Å². The Morgan fingerprint density at radius 2 is 1.61 bits per heavy atom. The van der Waals surface area contributed by atoms with Crippen LogP contribution >= 0.6 is 0 Å². The second kappa shape index (κ2) is 8.81. The Hall–Kier alpha value is -3.68. The number of hydrogen-bond acceptors (Lipinski definition) is 4. The van der Waals surface area contributed by atoms with E-state index in [-0.39, 0.29) is 24.9 Å². The van der Waals surface area contributed by atoms with Crippen LogP contribution in [0.25, 0.3) is 11.0 Å². The monoisotopic (exact) mass is 379 g/mol. The van der Waals surface area contributed by atoms with Crippen LogP contribution in [0.1, 0.15) is 23.1 Å². The maximum atomic E-state index is 12.2. The lowest BCUT2D eigenvalue weighted by molar-refractivity contribution is -0.128. The van der Waals surface area contributed by atoms with Crippen LogP contribution in [0.15, 0.2) is 54.6 Å². The molecule has 0 saturated heterocycles. The van der Waals surface area contributed by atoms with Gasteiger partial charge >= 0.3 is 0 Å². The zero-order valence-corrected chi connectivity index (χ0v) is 15.4. The summed E-state index contributed by atoms with van der Waals surface area (Å²) in [7, 11) is 0. The van der Waals surface area contributed by atoms with Crippen LogP contribution < -0.4 is 16.2 Å². The predicted molar refractivity (Wildman–Crippen MR) is 104 cm³/mol. The van der Waals surface area contributed by atoms with Crippen molar-refractivity contribution in [3.05, 3.63) is 66.0 Å². The lowest BCUT2D eigenvalue weighted by atomic mass is 10.2. The first-order valence-electron chi connectivity index (χ1n) is 8.93. The molecule has 0 aliphatic heterocycles. The fourth-order valence-electron chi connectivity index (χ4n) is 2.79. The molecular formula is C20H21N5O3. The molecule has 2 aromatic carbocycles. The fraction of sp³-hybridized carbons (Fsp3) is 0.200. The number of aryl methyl sites for hydroxylation is 1. The molecule has 0 bridgehead atoms. The molecule has 1 heterocycles. The number of carbonyl (C=O) groups is 3. The highest BCUT2D eigenvalue weighted by atomic mass is 16.2. The largest absolute Gasteiger partial charge is 0.343 e. The Bertz CT molecular complexity index is 998. The fourth-order valence-corrected chi connectivity index (χ4v) is 2.79. The van der Waals surface area contributed by atoms with E-state index >= 15 is 0 Å². The molecule has 0 aliphatic rings. The van der Waals surface area contributed by atoms with Gasteiger partial charge in [-0.1, -0.05) is 37.3 Å². The standard InChI is InChI=1S/C20H21N5O3/c1-2-17-22-15-10-6-7-11-16(15)25(17)13-19(27)24-23-18(26)12-21-20(28)14-8-4-3-5-9-14/h3-11H,2,12-13H2,1H3,(H,21,28)(H,23,26)(H,24,27). The minimum Gasteiger partial charge on any atom is -0.343 e. The normalized spacial score (nSPS) is 10.5. The van der Waals surface area contributed by atoms with Gasteiger partial charge in [0.15, 0.2) is 0 Å². The van der Waals surface area contributed by atoms with Crippen molar-refractivity contribution in [2.24, 2.45) is 0 Å². The van der Waals surface area contributed by atoms with Crippen molar-refractivity contribution in [1.82, 2.24) is 25.7 Å². The summed E-state index contributed by atoms with van der Waals surface area (Å²) >= 11 is 0. The molecule has 3 aromatic rings. The molecule has 0 atom stereocenters. The summed E-state index contributed by atoms with van der Waals surface area (Å²) in [5.41, 5.74) is 6.80. The number of amides is 3. The molecule has 0 radical (unpaired) electrons. The SMILES string of the molecule is CCc1nc2ccccc2n1CC(=O)NNC(=O)CNC(=O)c1ccccc1. The molecule has 144 valence electrons. The van der Waals surface area contributed by atoms with E-state index in [1.54, 1.807) is 30.3 Å². The highest BCUT2D eigenvalue weighted by Gasteiger charge is 2.13. The molecule has 8 nitrogen and oxygen atoms in total. The third-order valence-electron chi connectivity index (χ3n) is 4.14. The summed E-state index contributed by atoms with van der Waals surface area (Å²) in [5.74, 6) is -0.484. The number of benzene rings is 2. The van der Waals surface area contributed by atoms with E-state index in [1.165, 1.54) is 0 Å². The molecule has 0 saturated carbocycles. The van der Waals surface area contributed by atoms with Gasteiger partial charge in [0.1, 0.15) is 12.4 Å². The zero-order valence-electron chi connectivity index (χ0n) is 15.4. The quantitative estimate of drug-likeness (QED) is 0.559. The second-order valence-electron chi connectivity index (χ2n) is 6.10. The van der Waals surface area contributed by atoms with Crippen molar-refractivity contribution in [3.63, 3.8) is 0 Å². The van der Waals surface area contributed by atoms with Crippen molar-refractivity contribution < 1.29 is 14.4 Å². The number of aromatic nitrogens is 2. The van der Waals surface area contributed by atoms with E-state index in [1.807, 2.05) is 35.8 Å². The highest BCUT2D eigenvalue weighted by molar-refractivity contribution is 5.96. The number of fused-ring (bicyclic) bond motifs is 1. The number of hydrazine groups is 1. The van der Waals surface area contributed by atoms with Crippen molar-refractivity contribution in [1.29, 1.82) is 0 Å². The van der Waals surface area contributed by atoms with E-state index in [0.717, 1.165) is 16.9 Å². The number of carbonyl (C=O) groups excluding carboxylic acids is 3. The minimum atomic E-state index is -0.524. The minimum absolute atomic E-state index is 0.0281. The van der Waals surface area contributed by atoms with Gasteiger partial charge in [-0.05, 0) is 24.3 Å². The van der Waals surface area contributed by atoms with E-state index in [2.05, 4.69) is 21.2 Å². The lowest BCUT2D eigenvalue weighted by Gasteiger charge is -2.11. The molecule has 0 fully saturated rings. The Kier molecular flexibility index (Phi) is 6.01. The van der Waals surface area contributed by atoms with E-state index in [9.17, 15) is 14.4 Å². The third-order valence-corrected chi connectivity index (χ3v) is 4.14. The van der Waals surface area contributed by atoms with Gasteiger partial charge in [0.05, 0.1) is 17.6 Å². The van der Waals surface area contributed by atoms with Gasteiger partial charge in [0.2, 0.25) is 0 Å². The number of imidazole rings is 1. The molecule has 3 N–H and O–H groups in total. The van der Waals surface area contributed by atoms with Crippen molar-refractivity contribution in [3.8, 4) is 0 Å². The maximum absolute atomic E-state index is 12.2. The lowest BCUT2D eigenvalue weighted by Crippen LogP contribution is -2.47. The summed E-state index contributed by atoms with van der Waals surface area (Å²) < 4.78 is 1.81. The molecular weight excluding hydrogens is 358 g/mol. The first kappa shape index (κ1) is 19.1. The maximum Gasteiger partial charge on any atom is 0.258 e. The van der Waals surface area contributed by atoms with Gasteiger partial charge in [-0.2, -0.15) is 0 Å². The Morgan fingerprint density at radius 1 is 0.929 bits per heavy atom.